The summed E-state index contributed by atoms with van der Waals surface area (Å²) in [6, 6.07) is 14.1. The molecule has 27 heavy (non-hydrogen) atoms. The van der Waals surface area contributed by atoms with Gasteiger partial charge in [0.1, 0.15) is 5.82 Å². The van der Waals surface area contributed by atoms with Crippen molar-refractivity contribution in [3.8, 4) is 0 Å². The minimum atomic E-state index is -3.80. The summed E-state index contributed by atoms with van der Waals surface area (Å²) in [6.07, 6.45) is 0. The van der Waals surface area contributed by atoms with Crippen molar-refractivity contribution in [3.63, 3.8) is 0 Å². The molecule has 2 aromatic carbocycles. The second-order valence-corrected chi connectivity index (χ2v) is 7.73. The van der Waals surface area contributed by atoms with Gasteiger partial charge in [-0.2, -0.15) is 0 Å². The maximum absolute atomic E-state index is 12.9. The molecule has 3 aromatic rings. The fourth-order valence-electron chi connectivity index (χ4n) is 2.59. The van der Waals surface area contributed by atoms with Gasteiger partial charge in [0, 0.05) is 25.0 Å². The van der Waals surface area contributed by atoms with E-state index in [4.69, 9.17) is 5.21 Å². The molecule has 0 radical (unpaired) electrons. The number of benzene rings is 2. The van der Waals surface area contributed by atoms with Gasteiger partial charge in [0.05, 0.1) is 16.1 Å². The average Bonchev–Trinajstić information content (AvgIpc) is 2.71. The highest BCUT2D eigenvalue weighted by molar-refractivity contribution is 7.92. The molecule has 0 aliphatic carbocycles. The number of amides is 1. The molecule has 0 unspecified atom stereocenters. The molecule has 1 heterocycles. The lowest BCUT2D eigenvalue weighted by Gasteiger charge is -2.20. The summed E-state index contributed by atoms with van der Waals surface area (Å²) in [5.41, 5.74) is 2.81. The zero-order valence-corrected chi connectivity index (χ0v) is 15.5. The number of aromatic nitrogens is 1. The number of carbonyl (C=O) groups excluding carboxylic acids is 1. The fraction of sp³-hybridized carbons (Fsp3) is 0.111. The van der Waals surface area contributed by atoms with E-state index in [0.717, 1.165) is 4.31 Å². The van der Waals surface area contributed by atoms with E-state index in [9.17, 15) is 13.2 Å². The molecule has 0 spiro atoms. The smallest absolute Gasteiger partial charge is 0.274 e. The van der Waals surface area contributed by atoms with Crippen LogP contribution >= 0.6 is 0 Å². The lowest BCUT2D eigenvalue weighted by molar-refractivity contribution is 0.0706. The summed E-state index contributed by atoms with van der Waals surface area (Å²) in [5, 5.41) is 12.3. The number of anilines is 2. The van der Waals surface area contributed by atoms with Crippen LogP contribution in [0.2, 0.25) is 0 Å². The number of sulfonamides is 1. The van der Waals surface area contributed by atoms with Crippen molar-refractivity contribution in [2.75, 3.05) is 23.7 Å². The van der Waals surface area contributed by atoms with Crippen LogP contribution in [0.5, 0.6) is 0 Å². The molecule has 3 rings (SSSR count). The molecule has 0 aliphatic heterocycles. The van der Waals surface area contributed by atoms with Gasteiger partial charge in [0.2, 0.25) is 0 Å². The second-order valence-electron chi connectivity index (χ2n) is 5.76. The lowest BCUT2D eigenvalue weighted by Crippen LogP contribution is -2.26. The molecule has 0 fully saturated rings. The first-order valence-electron chi connectivity index (χ1n) is 7.99. The maximum atomic E-state index is 12.9. The third-order valence-corrected chi connectivity index (χ3v) is 5.95. The van der Waals surface area contributed by atoms with Crippen molar-refractivity contribution >= 4 is 38.3 Å². The summed E-state index contributed by atoms with van der Waals surface area (Å²) in [7, 11) is -0.603. The van der Waals surface area contributed by atoms with Crippen molar-refractivity contribution in [2.24, 2.45) is 0 Å². The normalized spacial score (nSPS) is 11.2. The first kappa shape index (κ1) is 18.6. The van der Waals surface area contributed by atoms with Crippen LogP contribution in [0, 0.1) is 0 Å². The molecule has 8 nitrogen and oxygen atoms in total. The Bertz CT molecular complexity index is 1100. The molecule has 0 saturated carbocycles. The van der Waals surface area contributed by atoms with Gasteiger partial charge < -0.3 is 5.32 Å². The van der Waals surface area contributed by atoms with Gasteiger partial charge in [-0.05, 0) is 54.6 Å². The molecule has 0 saturated heterocycles. The van der Waals surface area contributed by atoms with Gasteiger partial charge in [0.15, 0.2) is 0 Å². The Kier molecular flexibility index (Phi) is 4.98. The molecule has 0 aliphatic rings. The number of pyridine rings is 1. The van der Waals surface area contributed by atoms with Crippen LogP contribution in [0.3, 0.4) is 0 Å². The SMILES string of the molecule is CNc1ccc2cc(S(=O)(=O)N(C)c3ccc(C(=O)NO)cc3)ccc2n1. The van der Waals surface area contributed by atoms with E-state index in [-0.39, 0.29) is 10.5 Å². The Morgan fingerprint density at radius 2 is 1.78 bits per heavy atom. The number of hydrogen-bond acceptors (Lipinski definition) is 6. The Balaban J connectivity index is 1.95. The van der Waals surface area contributed by atoms with E-state index in [1.165, 1.54) is 42.9 Å². The molecule has 140 valence electrons. The van der Waals surface area contributed by atoms with Gasteiger partial charge in [-0.25, -0.2) is 18.9 Å². The number of rotatable bonds is 5. The molecular weight excluding hydrogens is 368 g/mol. The molecular formula is C18H18N4O4S. The summed E-state index contributed by atoms with van der Waals surface area (Å²) in [6.45, 7) is 0. The van der Waals surface area contributed by atoms with Crippen molar-refractivity contribution in [1.29, 1.82) is 0 Å². The summed E-state index contributed by atoms with van der Waals surface area (Å²) in [5.74, 6) is 0.0252. The highest BCUT2D eigenvalue weighted by atomic mass is 32.2. The Morgan fingerprint density at radius 3 is 2.41 bits per heavy atom. The highest BCUT2D eigenvalue weighted by Gasteiger charge is 2.22. The highest BCUT2D eigenvalue weighted by Crippen LogP contribution is 2.25. The number of nitrogens with one attached hydrogen (secondary N) is 2. The van der Waals surface area contributed by atoms with E-state index >= 15 is 0 Å². The van der Waals surface area contributed by atoms with Gasteiger partial charge in [0.25, 0.3) is 15.9 Å². The van der Waals surface area contributed by atoms with Crippen LogP contribution in [-0.2, 0) is 10.0 Å². The lowest BCUT2D eigenvalue weighted by atomic mass is 10.2. The summed E-state index contributed by atoms with van der Waals surface area (Å²) < 4.78 is 27.0. The number of carbonyl (C=O) groups is 1. The first-order valence-corrected chi connectivity index (χ1v) is 9.43. The first-order chi connectivity index (χ1) is 12.9. The quantitative estimate of drug-likeness (QED) is 0.458. The van der Waals surface area contributed by atoms with Crippen molar-refractivity contribution in [2.45, 2.75) is 4.90 Å². The minimum Gasteiger partial charge on any atom is -0.373 e. The Morgan fingerprint density at radius 1 is 1.07 bits per heavy atom. The van der Waals surface area contributed by atoms with Crippen LogP contribution in [0.15, 0.2) is 59.5 Å². The van der Waals surface area contributed by atoms with Crippen molar-refractivity contribution in [3.05, 3.63) is 60.2 Å². The molecule has 0 bridgehead atoms. The van der Waals surface area contributed by atoms with Gasteiger partial charge >= 0.3 is 0 Å². The monoisotopic (exact) mass is 386 g/mol. The topological polar surface area (TPSA) is 112 Å². The van der Waals surface area contributed by atoms with E-state index in [2.05, 4.69) is 10.3 Å². The maximum Gasteiger partial charge on any atom is 0.274 e. The zero-order chi connectivity index (χ0) is 19.6. The van der Waals surface area contributed by atoms with Crippen LogP contribution in [0.25, 0.3) is 10.9 Å². The Labute approximate surface area is 156 Å². The van der Waals surface area contributed by atoms with Crippen molar-refractivity contribution in [1.82, 2.24) is 10.5 Å². The predicted molar refractivity (Wildman–Crippen MR) is 103 cm³/mol. The largest absolute Gasteiger partial charge is 0.373 e. The van der Waals surface area contributed by atoms with Crippen LogP contribution in [-0.4, -0.2) is 38.6 Å². The molecule has 1 aromatic heterocycles. The second kappa shape index (κ2) is 7.22. The number of fused-ring (bicyclic) bond motifs is 1. The number of hydroxylamine groups is 1. The van der Waals surface area contributed by atoms with Crippen LogP contribution < -0.4 is 15.1 Å². The molecule has 1 amide bonds. The predicted octanol–water partition coefficient (Wildman–Crippen LogP) is 2.22. The van der Waals surface area contributed by atoms with Crippen LogP contribution in [0.4, 0.5) is 11.5 Å². The third kappa shape index (κ3) is 3.55. The summed E-state index contributed by atoms with van der Waals surface area (Å²) in [4.78, 5) is 15.9. The van der Waals surface area contributed by atoms with E-state index < -0.39 is 15.9 Å². The zero-order valence-electron chi connectivity index (χ0n) is 14.7. The standard InChI is InChI=1S/C18H18N4O4S/c1-19-17-10-5-13-11-15(8-9-16(13)20-17)27(25,26)22(2)14-6-3-12(4-7-14)18(23)21-24/h3-11,24H,1-2H3,(H,19,20)(H,21,23). The van der Waals surface area contributed by atoms with E-state index in [0.29, 0.717) is 22.4 Å². The van der Waals surface area contributed by atoms with Gasteiger partial charge in [-0.3, -0.25) is 14.3 Å². The fourth-order valence-corrected chi connectivity index (χ4v) is 3.82. The van der Waals surface area contributed by atoms with Crippen molar-refractivity contribution < 1.29 is 18.4 Å². The Hall–Kier alpha value is -3.17. The van der Waals surface area contributed by atoms with Gasteiger partial charge in [-0.1, -0.05) is 0 Å². The number of hydrogen-bond donors (Lipinski definition) is 3. The molecule has 3 N–H and O–H groups in total. The van der Waals surface area contributed by atoms with E-state index in [1.54, 1.807) is 31.3 Å². The summed E-state index contributed by atoms with van der Waals surface area (Å²) >= 11 is 0. The molecule has 9 heteroatoms. The average molecular weight is 386 g/mol. The number of nitrogens with zero attached hydrogens (tertiary/aromatic N) is 2. The minimum absolute atomic E-state index is 0.133. The third-order valence-electron chi connectivity index (χ3n) is 4.17. The molecule has 0 atom stereocenters. The van der Waals surface area contributed by atoms with E-state index in [1.807, 2.05) is 0 Å². The van der Waals surface area contributed by atoms with Gasteiger partial charge in [-0.15, -0.1) is 0 Å². The van der Waals surface area contributed by atoms with Crippen LogP contribution in [0.1, 0.15) is 10.4 Å².